The zero-order valence-electron chi connectivity index (χ0n) is 15.7. The molecule has 140 valence electrons. The number of anilines is 1. The predicted molar refractivity (Wildman–Crippen MR) is 120 cm³/mol. The van der Waals surface area contributed by atoms with Gasteiger partial charge in [-0.1, -0.05) is 24.3 Å². The zero-order valence-corrected chi connectivity index (χ0v) is 18.0. The number of unbranched alkanes of at least 4 members (excludes halogenated alkanes) is 1. The highest BCUT2D eigenvalue weighted by atomic mass is 127. The largest absolute Gasteiger partial charge is 0.371 e. The van der Waals surface area contributed by atoms with Gasteiger partial charge in [0, 0.05) is 45.5 Å². The standard InChI is InChI=1S/C20H32N4.HI/c1-4-6-10-14-23(3)20(21-5-2)22-16-18-13-15-24(17-18)19-11-8-7-9-12-19;/h4,7-9,11-12,18H,1,5-6,10,13-17H2,2-3H3,(H,21,22);1H. The van der Waals surface area contributed by atoms with Crippen molar-refractivity contribution in [2.45, 2.75) is 26.2 Å². The molecule has 0 bridgehead atoms. The summed E-state index contributed by atoms with van der Waals surface area (Å²) in [4.78, 5) is 9.59. The second kappa shape index (κ2) is 12.2. The van der Waals surface area contributed by atoms with Crippen LogP contribution in [0.15, 0.2) is 48.0 Å². The second-order valence-electron chi connectivity index (χ2n) is 6.48. The molecule has 1 fully saturated rings. The SMILES string of the molecule is C=CCCCN(C)C(=NCC1CCN(c2ccccc2)C1)NCC.I. The molecule has 1 aromatic rings. The van der Waals surface area contributed by atoms with Crippen LogP contribution in [0, 0.1) is 5.92 Å². The molecule has 25 heavy (non-hydrogen) atoms. The Hall–Kier alpha value is -1.24. The molecule has 0 amide bonds. The maximum absolute atomic E-state index is 4.88. The normalized spacial score (nSPS) is 17.1. The van der Waals surface area contributed by atoms with Gasteiger partial charge >= 0.3 is 0 Å². The van der Waals surface area contributed by atoms with Crippen molar-refractivity contribution in [2.75, 3.05) is 44.7 Å². The number of halogens is 1. The van der Waals surface area contributed by atoms with Crippen molar-refractivity contribution in [1.29, 1.82) is 0 Å². The van der Waals surface area contributed by atoms with Crippen molar-refractivity contribution in [3.05, 3.63) is 43.0 Å². The molecule has 4 nitrogen and oxygen atoms in total. The van der Waals surface area contributed by atoms with E-state index in [0.717, 1.165) is 51.5 Å². The van der Waals surface area contributed by atoms with Crippen LogP contribution in [0.2, 0.25) is 0 Å². The van der Waals surface area contributed by atoms with E-state index in [4.69, 9.17) is 4.99 Å². The fraction of sp³-hybridized carbons (Fsp3) is 0.550. The highest BCUT2D eigenvalue weighted by Gasteiger charge is 2.22. The Morgan fingerprint density at radius 3 is 2.84 bits per heavy atom. The Morgan fingerprint density at radius 1 is 1.40 bits per heavy atom. The molecule has 1 atom stereocenters. The van der Waals surface area contributed by atoms with Crippen LogP contribution in [0.1, 0.15) is 26.2 Å². The summed E-state index contributed by atoms with van der Waals surface area (Å²) in [6, 6.07) is 10.7. The molecule has 1 unspecified atom stereocenters. The third-order valence-corrected chi connectivity index (χ3v) is 4.50. The molecule has 0 aliphatic carbocycles. The van der Waals surface area contributed by atoms with Crippen LogP contribution in [0.3, 0.4) is 0 Å². The summed E-state index contributed by atoms with van der Waals surface area (Å²) in [5.74, 6) is 1.67. The first-order valence-electron chi connectivity index (χ1n) is 9.15. The van der Waals surface area contributed by atoms with Gasteiger partial charge in [-0.25, -0.2) is 0 Å². The number of nitrogens with one attached hydrogen (secondary N) is 1. The number of nitrogens with zero attached hydrogens (tertiary/aromatic N) is 3. The highest BCUT2D eigenvalue weighted by molar-refractivity contribution is 14.0. The van der Waals surface area contributed by atoms with E-state index in [1.807, 2.05) is 6.08 Å². The number of hydrogen-bond donors (Lipinski definition) is 1. The topological polar surface area (TPSA) is 30.9 Å². The zero-order chi connectivity index (χ0) is 17.2. The Balaban J connectivity index is 0.00000312. The predicted octanol–water partition coefficient (Wildman–Crippen LogP) is 3.99. The number of aliphatic imine (C=N–C) groups is 1. The summed E-state index contributed by atoms with van der Waals surface area (Å²) in [5, 5.41) is 3.41. The summed E-state index contributed by atoms with van der Waals surface area (Å²) in [7, 11) is 2.12. The third kappa shape index (κ3) is 7.26. The Bertz CT molecular complexity index is 518. The summed E-state index contributed by atoms with van der Waals surface area (Å²) in [5.41, 5.74) is 1.33. The summed E-state index contributed by atoms with van der Waals surface area (Å²) in [6.07, 6.45) is 5.38. The molecule has 1 heterocycles. The van der Waals surface area contributed by atoms with Gasteiger partial charge in [0.2, 0.25) is 0 Å². The van der Waals surface area contributed by atoms with Crippen LogP contribution in [0.5, 0.6) is 0 Å². The van der Waals surface area contributed by atoms with Crippen molar-refractivity contribution in [2.24, 2.45) is 10.9 Å². The van der Waals surface area contributed by atoms with Gasteiger partial charge < -0.3 is 15.1 Å². The number of hydrogen-bond acceptors (Lipinski definition) is 2. The second-order valence-corrected chi connectivity index (χ2v) is 6.48. The van der Waals surface area contributed by atoms with Gasteiger partial charge in [-0.2, -0.15) is 0 Å². The van der Waals surface area contributed by atoms with Gasteiger partial charge in [0.25, 0.3) is 0 Å². The van der Waals surface area contributed by atoms with Crippen molar-refractivity contribution >= 4 is 35.6 Å². The average Bonchev–Trinajstić information content (AvgIpc) is 3.08. The molecule has 0 saturated carbocycles. The van der Waals surface area contributed by atoms with Gasteiger partial charge in [-0.05, 0) is 44.2 Å². The minimum Gasteiger partial charge on any atom is -0.371 e. The van der Waals surface area contributed by atoms with E-state index < -0.39 is 0 Å². The van der Waals surface area contributed by atoms with Crippen molar-refractivity contribution in [3.63, 3.8) is 0 Å². The van der Waals surface area contributed by atoms with Crippen LogP contribution in [-0.4, -0.2) is 50.6 Å². The first-order chi connectivity index (χ1) is 11.7. The molecule has 1 N–H and O–H groups in total. The van der Waals surface area contributed by atoms with Gasteiger partial charge in [0.05, 0.1) is 0 Å². The Labute approximate surface area is 170 Å². The van der Waals surface area contributed by atoms with E-state index in [-0.39, 0.29) is 24.0 Å². The van der Waals surface area contributed by atoms with E-state index in [1.165, 1.54) is 12.1 Å². The number of allylic oxidation sites excluding steroid dienone is 1. The molecular weight excluding hydrogens is 423 g/mol. The van der Waals surface area contributed by atoms with Crippen LogP contribution < -0.4 is 10.2 Å². The molecule has 2 rings (SSSR count). The van der Waals surface area contributed by atoms with E-state index >= 15 is 0 Å². The molecule has 5 heteroatoms. The first-order valence-corrected chi connectivity index (χ1v) is 9.15. The third-order valence-electron chi connectivity index (χ3n) is 4.50. The monoisotopic (exact) mass is 456 g/mol. The van der Waals surface area contributed by atoms with Gasteiger partial charge in [0.15, 0.2) is 5.96 Å². The van der Waals surface area contributed by atoms with Crippen LogP contribution in [-0.2, 0) is 0 Å². The van der Waals surface area contributed by atoms with E-state index in [0.29, 0.717) is 5.92 Å². The van der Waals surface area contributed by atoms with E-state index in [2.05, 4.69) is 66.0 Å². The average molecular weight is 456 g/mol. The summed E-state index contributed by atoms with van der Waals surface area (Å²) < 4.78 is 0. The van der Waals surface area contributed by atoms with Crippen LogP contribution in [0.25, 0.3) is 0 Å². The number of para-hydroxylation sites is 1. The molecule has 0 spiro atoms. The van der Waals surface area contributed by atoms with Crippen molar-refractivity contribution < 1.29 is 0 Å². The smallest absolute Gasteiger partial charge is 0.193 e. The number of benzene rings is 1. The molecule has 0 radical (unpaired) electrons. The van der Waals surface area contributed by atoms with Gasteiger partial charge in [-0.15, -0.1) is 30.6 Å². The number of rotatable bonds is 8. The molecule has 1 saturated heterocycles. The molecule has 1 aliphatic heterocycles. The van der Waals surface area contributed by atoms with Crippen molar-refractivity contribution in [3.8, 4) is 0 Å². The summed E-state index contributed by atoms with van der Waals surface area (Å²) in [6.45, 7) is 11.0. The Morgan fingerprint density at radius 2 is 2.16 bits per heavy atom. The molecule has 0 aromatic heterocycles. The lowest BCUT2D eigenvalue weighted by Crippen LogP contribution is -2.39. The van der Waals surface area contributed by atoms with Crippen molar-refractivity contribution in [1.82, 2.24) is 10.2 Å². The first kappa shape index (κ1) is 21.8. The van der Waals surface area contributed by atoms with Gasteiger partial charge in [-0.3, -0.25) is 4.99 Å². The van der Waals surface area contributed by atoms with Gasteiger partial charge in [0.1, 0.15) is 0 Å². The summed E-state index contributed by atoms with van der Waals surface area (Å²) >= 11 is 0. The fourth-order valence-corrected chi connectivity index (χ4v) is 3.12. The molecule has 1 aromatic carbocycles. The minimum absolute atomic E-state index is 0. The highest BCUT2D eigenvalue weighted by Crippen LogP contribution is 2.23. The maximum atomic E-state index is 4.88. The minimum atomic E-state index is 0. The van der Waals surface area contributed by atoms with E-state index in [1.54, 1.807) is 0 Å². The number of guanidine groups is 1. The lowest BCUT2D eigenvalue weighted by Gasteiger charge is -2.22. The van der Waals surface area contributed by atoms with Crippen LogP contribution in [0.4, 0.5) is 5.69 Å². The molecule has 1 aliphatic rings. The maximum Gasteiger partial charge on any atom is 0.193 e. The Kier molecular flexibility index (Phi) is 10.6. The van der Waals surface area contributed by atoms with E-state index in [9.17, 15) is 0 Å². The fourth-order valence-electron chi connectivity index (χ4n) is 3.12. The quantitative estimate of drug-likeness (QED) is 0.211. The lowest BCUT2D eigenvalue weighted by atomic mass is 10.1. The molecular formula is C20H33IN4. The van der Waals surface area contributed by atoms with Crippen LogP contribution >= 0.6 is 24.0 Å². The lowest BCUT2D eigenvalue weighted by molar-refractivity contribution is 0.466.